The molecule has 22 heavy (non-hydrogen) atoms. The summed E-state index contributed by atoms with van der Waals surface area (Å²) in [4.78, 5) is 0. The second-order valence-electron chi connectivity index (χ2n) is 4.62. The van der Waals surface area contributed by atoms with Gasteiger partial charge in [0.05, 0.1) is 6.54 Å². The van der Waals surface area contributed by atoms with Crippen molar-refractivity contribution in [1.29, 1.82) is 0 Å². The number of aryl methyl sites for hydroxylation is 1. The van der Waals surface area contributed by atoms with Crippen LogP contribution < -0.4 is 15.4 Å². The highest BCUT2D eigenvalue weighted by atomic mass is 35.5. The van der Waals surface area contributed by atoms with E-state index in [4.69, 9.17) is 28.6 Å². The Kier molecular flexibility index (Phi) is 5.98. The zero-order chi connectivity index (χ0) is 15.9. The molecule has 0 saturated heterocycles. The van der Waals surface area contributed by atoms with E-state index in [-0.39, 0.29) is 11.6 Å². The highest BCUT2D eigenvalue weighted by Crippen LogP contribution is 2.19. The summed E-state index contributed by atoms with van der Waals surface area (Å²) in [6.07, 6.45) is 0. The average Bonchev–Trinajstić information content (AvgIpc) is 2.49. The molecule has 116 valence electrons. The van der Waals surface area contributed by atoms with Crippen molar-refractivity contribution in [2.45, 2.75) is 6.92 Å². The summed E-state index contributed by atoms with van der Waals surface area (Å²) < 4.78 is 18.7. The predicted molar refractivity (Wildman–Crippen MR) is 92.3 cm³/mol. The summed E-state index contributed by atoms with van der Waals surface area (Å²) in [5, 5.41) is 7.14. The highest BCUT2D eigenvalue weighted by molar-refractivity contribution is 7.80. The normalized spacial score (nSPS) is 10.1. The van der Waals surface area contributed by atoms with Crippen LogP contribution in [0.1, 0.15) is 5.56 Å². The van der Waals surface area contributed by atoms with Crippen molar-refractivity contribution in [3.8, 4) is 5.75 Å². The van der Waals surface area contributed by atoms with Crippen molar-refractivity contribution in [3.05, 3.63) is 58.9 Å². The molecular formula is C16H16ClFN2OS. The Morgan fingerprint density at radius 1 is 1.27 bits per heavy atom. The molecule has 0 radical (unpaired) electrons. The van der Waals surface area contributed by atoms with Gasteiger partial charge < -0.3 is 15.4 Å². The Balaban J connectivity index is 1.74. The van der Waals surface area contributed by atoms with Gasteiger partial charge in [0.1, 0.15) is 6.61 Å². The number of anilines is 1. The second kappa shape index (κ2) is 7.96. The number of para-hydroxylation sites is 1. The van der Waals surface area contributed by atoms with E-state index < -0.39 is 0 Å². The second-order valence-corrected chi connectivity index (χ2v) is 5.44. The van der Waals surface area contributed by atoms with Crippen molar-refractivity contribution < 1.29 is 9.13 Å². The maximum atomic E-state index is 13.3. The van der Waals surface area contributed by atoms with Gasteiger partial charge in [0.25, 0.3) is 0 Å². The monoisotopic (exact) mass is 338 g/mol. The van der Waals surface area contributed by atoms with Crippen LogP contribution in [0.15, 0.2) is 42.5 Å². The van der Waals surface area contributed by atoms with Gasteiger partial charge in [0.2, 0.25) is 0 Å². The minimum atomic E-state index is -0.377. The maximum Gasteiger partial charge on any atom is 0.170 e. The number of thiocarbonyl (C=S) groups is 1. The Labute approximate surface area is 139 Å². The predicted octanol–water partition coefficient (Wildman–Crippen LogP) is 4.15. The molecule has 0 aliphatic carbocycles. The zero-order valence-corrected chi connectivity index (χ0v) is 13.6. The lowest BCUT2D eigenvalue weighted by Gasteiger charge is -2.12. The fraction of sp³-hybridized carbons (Fsp3) is 0.188. The van der Waals surface area contributed by atoms with Crippen LogP contribution in [0.3, 0.4) is 0 Å². The van der Waals surface area contributed by atoms with E-state index in [0.29, 0.717) is 23.3 Å². The highest BCUT2D eigenvalue weighted by Gasteiger charge is 2.02. The number of hydrogen-bond donors (Lipinski definition) is 2. The van der Waals surface area contributed by atoms with Crippen LogP contribution >= 0.6 is 23.8 Å². The molecular weight excluding hydrogens is 323 g/mol. The van der Waals surface area contributed by atoms with E-state index in [2.05, 4.69) is 10.6 Å². The summed E-state index contributed by atoms with van der Waals surface area (Å²) in [6.45, 7) is 2.69. The van der Waals surface area contributed by atoms with Crippen molar-refractivity contribution in [3.63, 3.8) is 0 Å². The van der Waals surface area contributed by atoms with E-state index in [1.807, 2.05) is 19.1 Å². The molecule has 0 aromatic heterocycles. The summed E-state index contributed by atoms with van der Waals surface area (Å²) in [5.41, 5.74) is 1.81. The van der Waals surface area contributed by atoms with E-state index in [0.717, 1.165) is 11.3 Å². The quantitative estimate of drug-likeness (QED) is 0.633. The standard InChI is InChI=1S/C16H16ClFN2OS/c1-11-6-7-12(10-13(11)17)20-16(22)19-8-9-21-15-5-3-2-4-14(15)18/h2-7,10H,8-9H2,1H3,(H2,19,20,22). The number of ether oxygens (including phenoxy) is 1. The van der Waals surface area contributed by atoms with Gasteiger partial charge in [-0.25, -0.2) is 4.39 Å². The molecule has 0 spiro atoms. The lowest BCUT2D eigenvalue weighted by atomic mass is 10.2. The van der Waals surface area contributed by atoms with Crippen LogP contribution in [-0.2, 0) is 0 Å². The Morgan fingerprint density at radius 2 is 2.05 bits per heavy atom. The molecule has 0 aliphatic heterocycles. The smallest absolute Gasteiger partial charge is 0.170 e. The van der Waals surface area contributed by atoms with Gasteiger partial charge in [-0.3, -0.25) is 0 Å². The van der Waals surface area contributed by atoms with Crippen LogP contribution in [0.2, 0.25) is 5.02 Å². The first-order chi connectivity index (χ1) is 10.6. The molecule has 0 fully saturated rings. The first-order valence-corrected chi connectivity index (χ1v) is 7.53. The van der Waals surface area contributed by atoms with Crippen molar-refractivity contribution in [2.75, 3.05) is 18.5 Å². The summed E-state index contributed by atoms with van der Waals surface area (Å²) >= 11 is 11.2. The minimum absolute atomic E-state index is 0.230. The molecule has 0 unspecified atom stereocenters. The van der Waals surface area contributed by atoms with Gasteiger partial charge in [-0.05, 0) is 49.0 Å². The maximum absolute atomic E-state index is 13.3. The summed E-state index contributed by atoms with van der Waals surface area (Å²) in [7, 11) is 0. The average molecular weight is 339 g/mol. The molecule has 0 bridgehead atoms. The van der Waals surface area contributed by atoms with Crippen molar-refractivity contribution in [1.82, 2.24) is 5.32 Å². The number of rotatable bonds is 5. The van der Waals surface area contributed by atoms with Crippen molar-refractivity contribution in [2.24, 2.45) is 0 Å². The van der Waals surface area contributed by atoms with Gasteiger partial charge in [0, 0.05) is 10.7 Å². The Morgan fingerprint density at radius 3 is 2.77 bits per heavy atom. The van der Waals surface area contributed by atoms with Crippen LogP contribution in [-0.4, -0.2) is 18.3 Å². The molecule has 2 aromatic rings. The summed E-state index contributed by atoms with van der Waals surface area (Å²) in [5.74, 6) is -0.147. The zero-order valence-electron chi connectivity index (χ0n) is 12.0. The van der Waals surface area contributed by atoms with E-state index in [1.165, 1.54) is 6.07 Å². The Hall–Kier alpha value is -1.85. The number of nitrogens with one attached hydrogen (secondary N) is 2. The van der Waals surface area contributed by atoms with E-state index in [9.17, 15) is 4.39 Å². The third kappa shape index (κ3) is 4.86. The molecule has 0 aliphatic rings. The fourth-order valence-corrected chi connectivity index (χ4v) is 2.13. The fourth-order valence-electron chi connectivity index (χ4n) is 1.73. The van der Waals surface area contributed by atoms with Gasteiger partial charge >= 0.3 is 0 Å². The third-order valence-electron chi connectivity index (χ3n) is 2.91. The van der Waals surface area contributed by atoms with Crippen LogP contribution in [0.5, 0.6) is 5.75 Å². The topological polar surface area (TPSA) is 33.3 Å². The molecule has 6 heteroatoms. The molecule has 0 amide bonds. The molecule has 2 N–H and O–H groups in total. The van der Waals surface area contributed by atoms with Crippen molar-refractivity contribution >= 4 is 34.6 Å². The van der Waals surface area contributed by atoms with E-state index >= 15 is 0 Å². The molecule has 0 heterocycles. The molecule has 2 rings (SSSR count). The van der Waals surface area contributed by atoms with Gasteiger partial charge in [0.15, 0.2) is 16.7 Å². The van der Waals surface area contributed by atoms with Gasteiger partial charge in [-0.15, -0.1) is 0 Å². The molecule has 0 saturated carbocycles. The summed E-state index contributed by atoms with van der Waals surface area (Å²) in [6, 6.07) is 11.9. The molecule has 3 nitrogen and oxygen atoms in total. The lowest BCUT2D eigenvalue weighted by molar-refractivity contribution is 0.306. The SMILES string of the molecule is Cc1ccc(NC(=S)NCCOc2ccccc2F)cc1Cl. The third-order valence-corrected chi connectivity index (χ3v) is 3.57. The van der Waals surface area contributed by atoms with Gasteiger partial charge in [-0.1, -0.05) is 29.8 Å². The minimum Gasteiger partial charge on any atom is -0.489 e. The van der Waals surface area contributed by atoms with E-state index in [1.54, 1.807) is 24.3 Å². The number of halogens is 2. The first kappa shape index (κ1) is 16.5. The largest absolute Gasteiger partial charge is 0.489 e. The molecule has 0 atom stereocenters. The van der Waals surface area contributed by atoms with Crippen LogP contribution in [0.4, 0.5) is 10.1 Å². The molecule has 2 aromatic carbocycles. The Bertz CT molecular complexity index is 666. The number of hydrogen-bond acceptors (Lipinski definition) is 2. The van der Waals surface area contributed by atoms with Crippen LogP contribution in [0.25, 0.3) is 0 Å². The lowest BCUT2D eigenvalue weighted by Crippen LogP contribution is -2.32. The van der Waals surface area contributed by atoms with Gasteiger partial charge in [-0.2, -0.15) is 0 Å². The first-order valence-electron chi connectivity index (χ1n) is 6.74. The van der Waals surface area contributed by atoms with Crippen LogP contribution in [0, 0.1) is 12.7 Å². The number of benzene rings is 2.